The molecule has 0 bridgehead atoms. The molecule has 6 nitrogen and oxygen atoms in total. The van der Waals surface area contributed by atoms with Gasteiger partial charge < -0.3 is 9.64 Å². The average molecular weight is 407 g/mol. The number of fused-ring (bicyclic) bond motifs is 2. The predicted octanol–water partition coefficient (Wildman–Crippen LogP) is 2.11. The molecule has 1 aliphatic carbocycles. The number of rotatable bonds is 4. The largest absolute Gasteiger partial charge is 0.378 e. The Kier molecular flexibility index (Phi) is 5.51. The van der Waals surface area contributed by atoms with Crippen LogP contribution in [0.4, 0.5) is 0 Å². The van der Waals surface area contributed by atoms with Crippen LogP contribution in [0.15, 0.2) is 24.3 Å². The molecule has 0 N–H and O–H groups in total. The highest BCUT2D eigenvalue weighted by Gasteiger charge is 2.47. The molecule has 1 amide bonds. The maximum atomic E-state index is 12.8. The van der Waals surface area contributed by atoms with Gasteiger partial charge in [-0.05, 0) is 48.6 Å². The Balaban J connectivity index is 1.51. The zero-order chi connectivity index (χ0) is 19.8. The van der Waals surface area contributed by atoms with E-state index in [0.29, 0.717) is 45.8 Å². The Bertz CT molecular complexity index is 825. The molecule has 0 unspecified atom stereocenters. The number of carbonyl (C=O) groups is 1. The summed E-state index contributed by atoms with van der Waals surface area (Å²) in [4.78, 5) is 14.8. The van der Waals surface area contributed by atoms with Crippen LogP contribution in [0.1, 0.15) is 49.7 Å². The summed E-state index contributed by atoms with van der Waals surface area (Å²) >= 11 is 0. The number of hydrogen-bond acceptors (Lipinski definition) is 4. The normalized spacial score (nSPS) is 25.0. The van der Waals surface area contributed by atoms with Crippen molar-refractivity contribution in [3.63, 3.8) is 0 Å². The molecule has 2 aliphatic heterocycles. The maximum Gasteiger partial charge on any atom is 0.223 e. The number of morpholine rings is 1. The number of amides is 1. The van der Waals surface area contributed by atoms with E-state index in [-0.39, 0.29) is 23.0 Å². The first-order chi connectivity index (χ1) is 13.5. The Morgan fingerprint density at radius 1 is 1.14 bits per heavy atom. The lowest BCUT2D eigenvalue weighted by atomic mass is 9.73. The molecule has 1 spiro atoms. The van der Waals surface area contributed by atoms with E-state index in [1.807, 2.05) is 4.90 Å². The fourth-order valence-corrected chi connectivity index (χ4v) is 6.31. The van der Waals surface area contributed by atoms with Gasteiger partial charge >= 0.3 is 0 Å². The van der Waals surface area contributed by atoms with Crippen LogP contribution < -0.4 is 0 Å². The van der Waals surface area contributed by atoms with Crippen LogP contribution in [0, 0.1) is 0 Å². The van der Waals surface area contributed by atoms with Gasteiger partial charge in [-0.3, -0.25) is 4.79 Å². The highest BCUT2D eigenvalue weighted by Crippen LogP contribution is 2.53. The zero-order valence-electron chi connectivity index (χ0n) is 16.6. The summed E-state index contributed by atoms with van der Waals surface area (Å²) in [5.41, 5.74) is 2.63. The summed E-state index contributed by atoms with van der Waals surface area (Å²) in [6, 6.07) is 8.48. The van der Waals surface area contributed by atoms with Crippen molar-refractivity contribution >= 4 is 15.9 Å². The molecular weight excluding hydrogens is 376 g/mol. The number of ether oxygens (including phenoxy) is 1. The highest BCUT2D eigenvalue weighted by atomic mass is 32.2. The van der Waals surface area contributed by atoms with Crippen LogP contribution in [0.2, 0.25) is 0 Å². The molecule has 28 heavy (non-hydrogen) atoms. The van der Waals surface area contributed by atoms with Gasteiger partial charge in [-0.2, -0.15) is 0 Å². The van der Waals surface area contributed by atoms with E-state index in [1.54, 1.807) is 11.2 Å². The summed E-state index contributed by atoms with van der Waals surface area (Å²) in [7, 11) is -3.13. The van der Waals surface area contributed by atoms with Gasteiger partial charge in [0.25, 0.3) is 0 Å². The summed E-state index contributed by atoms with van der Waals surface area (Å²) in [5.74, 6) is 0.597. The molecule has 4 rings (SSSR count). The minimum atomic E-state index is -3.13. The highest BCUT2D eigenvalue weighted by molar-refractivity contribution is 7.89. The van der Waals surface area contributed by atoms with E-state index in [4.69, 9.17) is 4.74 Å². The third-order valence-corrected chi connectivity index (χ3v) is 8.71. The number of piperidine rings is 1. The van der Waals surface area contributed by atoms with Gasteiger partial charge in [-0.25, -0.2) is 12.7 Å². The minimum Gasteiger partial charge on any atom is -0.378 e. The number of sulfonamides is 1. The van der Waals surface area contributed by atoms with E-state index < -0.39 is 10.0 Å². The van der Waals surface area contributed by atoms with E-state index in [1.165, 1.54) is 11.1 Å². The van der Waals surface area contributed by atoms with E-state index in [9.17, 15) is 13.2 Å². The Hall–Kier alpha value is -1.44. The van der Waals surface area contributed by atoms with Crippen LogP contribution in [0.3, 0.4) is 0 Å². The zero-order valence-corrected chi connectivity index (χ0v) is 17.4. The van der Waals surface area contributed by atoms with Gasteiger partial charge in [0.2, 0.25) is 15.9 Å². The summed E-state index contributed by atoms with van der Waals surface area (Å²) in [6.07, 6.45) is 3.16. The van der Waals surface area contributed by atoms with Crippen molar-refractivity contribution < 1.29 is 17.9 Å². The van der Waals surface area contributed by atoms with Crippen molar-refractivity contribution in [1.29, 1.82) is 0 Å². The quantitative estimate of drug-likeness (QED) is 0.768. The monoisotopic (exact) mass is 406 g/mol. The van der Waals surface area contributed by atoms with Crippen molar-refractivity contribution in [2.75, 3.05) is 45.1 Å². The SMILES string of the molecule is CCS(=O)(=O)N1CCC2(CC1)C[C@@H](CC(=O)N1CCOCC1)c1ccccc12. The molecular formula is C21H30N2O4S. The number of hydrogen-bond donors (Lipinski definition) is 0. The second-order valence-corrected chi connectivity index (χ2v) is 10.5. The van der Waals surface area contributed by atoms with E-state index in [0.717, 1.165) is 19.3 Å². The molecule has 1 aromatic carbocycles. The standard InChI is InChI=1S/C21H30N2O4S/c1-2-28(25,26)23-9-7-21(8-10-23)16-17(18-5-3-4-6-19(18)21)15-20(24)22-11-13-27-14-12-22/h3-6,17H,2,7-16H2,1H3/t17-/m1/s1. The molecule has 0 radical (unpaired) electrons. The van der Waals surface area contributed by atoms with E-state index >= 15 is 0 Å². The average Bonchev–Trinajstić information content (AvgIpc) is 3.02. The van der Waals surface area contributed by atoms with Gasteiger partial charge in [-0.15, -0.1) is 0 Å². The van der Waals surface area contributed by atoms with Crippen molar-refractivity contribution in [2.45, 2.75) is 43.9 Å². The fourth-order valence-electron chi connectivity index (χ4n) is 5.21. The molecule has 2 saturated heterocycles. The van der Waals surface area contributed by atoms with Crippen molar-refractivity contribution in [2.24, 2.45) is 0 Å². The van der Waals surface area contributed by atoms with Crippen LogP contribution in [0.5, 0.6) is 0 Å². The van der Waals surface area contributed by atoms with Crippen LogP contribution >= 0.6 is 0 Å². The maximum absolute atomic E-state index is 12.8. The van der Waals surface area contributed by atoms with Crippen LogP contribution in [-0.4, -0.2) is 68.7 Å². The van der Waals surface area contributed by atoms with Gasteiger partial charge in [0.15, 0.2) is 0 Å². The molecule has 0 saturated carbocycles. The lowest BCUT2D eigenvalue weighted by Crippen LogP contribution is -2.45. The Morgan fingerprint density at radius 3 is 2.50 bits per heavy atom. The van der Waals surface area contributed by atoms with Crippen molar-refractivity contribution in [1.82, 2.24) is 9.21 Å². The van der Waals surface area contributed by atoms with Gasteiger partial charge in [0.1, 0.15) is 0 Å². The predicted molar refractivity (Wildman–Crippen MR) is 108 cm³/mol. The third-order valence-electron chi connectivity index (χ3n) is 6.83. The molecule has 7 heteroatoms. The van der Waals surface area contributed by atoms with Crippen molar-refractivity contribution in [3.05, 3.63) is 35.4 Å². The number of benzene rings is 1. The van der Waals surface area contributed by atoms with Gasteiger partial charge in [0, 0.05) is 32.6 Å². The Morgan fingerprint density at radius 2 is 1.82 bits per heavy atom. The Labute approximate surface area is 167 Å². The smallest absolute Gasteiger partial charge is 0.223 e. The third kappa shape index (κ3) is 3.60. The van der Waals surface area contributed by atoms with E-state index in [2.05, 4.69) is 24.3 Å². The summed E-state index contributed by atoms with van der Waals surface area (Å²) < 4.78 is 31.5. The summed E-state index contributed by atoms with van der Waals surface area (Å²) in [6.45, 7) is 5.48. The first-order valence-electron chi connectivity index (χ1n) is 10.4. The molecule has 3 aliphatic rings. The lowest BCUT2D eigenvalue weighted by Gasteiger charge is -2.39. The first-order valence-corrected chi connectivity index (χ1v) is 12.0. The summed E-state index contributed by atoms with van der Waals surface area (Å²) in [5, 5.41) is 0. The second kappa shape index (κ2) is 7.76. The van der Waals surface area contributed by atoms with Crippen molar-refractivity contribution in [3.8, 4) is 0 Å². The first kappa shape index (κ1) is 19.9. The molecule has 2 fully saturated rings. The number of nitrogens with zero attached hydrogens (tertiary/aromatic N) is 2. The van der Waals surface area contributed by atoms with Gasteiger partial charge in [0.05, 0.1) is 19.0 Å². The topological polar surface area (TPSA) is 66.9 Å². The lowest BCUT2D eigenvalue weighted by molar-refractivity contribution is -0.135. The molecule has 1 atom stereocenters. The molecule has 0 aromatic heterocycles. The number of carbonyl (C=O) groups excluding carboxylic acids is 1. The van der Waals surface area contributed by atoms with Crippen LogP contribution in [-0.2, 0) is 25.0 Å². The van der Waals surface area contributed by atoms with Crippen LogP contribution in [0.25, 0.3) is 0 Å². The fraction of sp³-hybridized carbons (Fsp3) is 0.667. The molecule has 2 heterocycles. The second-order valence-electron chi connectivity index (χ2n) is 8.27. The minimum absolute atomic E-state index is 0.00626. The molecule has 154 valence electrons. The van der Waals surface area contributed by atoms with Gasteiger partial charge in [-0.1, -0.05) is 24.3 Å². The molecule has 1 aromatic rings.